The summed E-state index contributed by atoms with van der Waals surface area (Å²) in [5.74, 6) is -0.237. The summed E-state index contributed by atoms with van der Waals surface area (Å²) in [6.45, 7) is 7.59. The number of nitrogens with two attached hydrogens (primary N) is 1. The number of morpholine rings is 1. The molecule has 20 heavy (non-hydrogen) atoms. The molecule has 2 N–H and O–H groups in total. The second-order valence-corrected chi connectivity index (χ2v) is 6.57. The first-order valence-electron chi connectivity index (χ1n) is 6.94. The van der Waals surface area contributed by atoms with E-state index in [1.807, 2.05) is 6.07 Å². The van der Waals surface area contributed by atoms with Crippen LogP contribution in [0.4, 0.5) is 4.39 Å². The van der Waals surface area contributed by atoms with Crippen LogP contribution in [0, 0.1) is 5.82 Å². The SMILES string of the molecule is CC(C)(C(N)Cc1cccc(F)c1Br)N1CCOCC1. The Kier molecular flexibility index (Phi) is 5.18. The fourth-order valence-corrected chi connectivity index (χ4v) is 2.99. The average Bonchev–Trinajstić information content (AvgIpc) is 2.44. The van der Waals surface area contributed by atoms with Crippen molar-refractivity contribution in [2.24, 2.45) is 5.73 Å². The summed E-state index contributed by atoms with van der Waals surface area (Å²) in [4.78, 5) is 2.36. The topological polar surface area (TPSA) is 38.5 Å². The highest BCUT2D eigenvalue weighted by Crippen LogP contribution is 2.26. The normalized spacial score (nSPS) is 19.1. The highest BCUT2D eigenvalue weighted by Gasteiger charge is 2.34. The molecule has 0 bridgehead atoms. The van der Waals surface area contributed by atoms with Gasteiger partial charge in [0, 0.05) is 24.7 Å². The van der Waals surface area contributed by atoms with Gasteiger partial charge in [-0.2, -0.15) is 0 Å². The van der Waals surface area contributed by atoms with E-state index in [-0.39, 0.29) is 17.4 Å². The Morgan fingerprint density at radius 1 is 1.40 bits per heavy atom. The molecule has 0 radical (unpaired) electrons. The lowest BCUT2D eigenvalue weighted by molar-refractivity contribution is -0.0186. The molecule has 5 heteroatoms. The Hall–Kier alpha value is -0.490. The largest absolute Gasteiger partial charge is 0.379 e. The molecule has 1 saturated heterocycles. The third-order valence-electron chi connectivity index (χ3n) is 4.20. The zero-order valence-electron chi connectivity index (χ0n) is 12.0. The third-order valence-corrected chi connectivity index (χ3v) is 5.09. The number of hydrogen-bond donors (Lipinski definition) is 1. The molecule has 1 unspecified atom stereocenters. The van der Waals surface area contributed by atoms with E-state index in [9.17, 15) is 4.39 Å². The first-order chi connectivity index (χ1) is 9.43. The molecule has 112 valence electrons. The lowest BCUT2D eigenvalue weighted by Gasteiger charge is -2.44. The van der Waals surface area contributed by atoms with Crippen molar-refractivity contribution in [3.05, 3.63) is 34.1 Å². The number of hydrogen-bond acceptors (Lipinski definition) is 3. The van der Waals surface area contributed by atoms with E-state index in [2.05, 4.69) is 34.7 Å². The van der Waals surface area contributed by atoms with Crippen LogP contribution in [0.15, 0.2) is 22.7 Å². The third kappa shape index (κ3) is 3.39. The van der Waals surface area contributed by atoms with E-state index in [0.29, 0.717) is 10.9 Å². The van der Waals surface area contributed by atoms with Crippen molar-refractivity contribution in [1.82, 2.24) is 4.90 Å². The lowest BCUT2D eigenvalue weighted by Crippen LogP contribution is -2.59. The van der Waals surface area contributed by atoms with Crippen LogP contribution in [0.1, 0.15) is 19.4 Å². The molecule has 1 aliphatic rings. The summed E-state index contributed by atoms with van der Waals surface area (Å²) in [6, 6.07) is 5.03. The van der Waals surface area contributed by atoms with Gasteiger partial charge in [-0.25, -0.2) is 4.39 Å². The minimum Gasteiger partial charge on any atom is -0.379 e. The Morgan fingerprint density at radius 2 is 2.05 bits per heavy atom. The summed E-state index contributed by atoms with van der Waals surface area (Å²) < 4.78 is 19.5. The molecule has 2 rings (SSSR count). The van der Waals surface area contributed by atoms with Crippen LogP contribution in [0.3, 0.4) is 0 Å². The van der Waals surface area contributed by atoms with Crippen LogP contribution < -0.4 is 5.73 Å². The minimum absolute atomic E-state index is 0.0706. The molecule has 0 spiro atoms. The number of halogens is 2. The predicted molar refractivity (Wildman–Crippen MR) is 82.3 cm³/mol. The molecular weight excluding hydrogens is 323 g/mol. The second-order valence-electron chi connectivity index (χ2n) is 5.78. The van der Waals surface area contributed by atoms with Gasteiger partial charge in [0.1, 0.15) is 5.82 Å². The van der Waals surface area contributed by atoms with Crippen LogP contribution in [0.2, 0.25) is 0 Å². The lowest BCUT2D eigenvalue weighted by atomic mass is 9.88. The summed E-state index contributed by atoms with van der Waals surface area (Å²) in [6.07, 6.45) is 0.642. The second kappa shape index (κ2) is 6.52. The number of nitrogens with zero attached hydrogens (tertiary/aromatic N) is 1. The van der Waals surface area contributed by atoms with Crippen LogP contribution in [-0.2, 0) is 11.2 Å². The van der Waals surface area contributed by atoms with Gasteiger partial charge in [0.2, 0.25) is 0 Å². The molecule has 1 heterocycles. The number of benzene rings is 1. The van der Waals surface area contributed by atoms with Crippen molar-refractivity contribution in [2.45, 2.75) is 31.8 Å². The van der Waals surface area contributed by atoms with Crippen LogP contribution in [-0.4, -0.2) is 42.8 Å². The Balaban J connectivity index is 2.09. The smallest absolute Gasteiger partial charge is 0.137 e. The van der Waals surface area contributed by atoms with E-state index in [1.165, 1.54) is 6.07 Å². The molecule has 0 saturated carbocycles. The maximum absolute atomic E-state index is 13.6. The van der Waals surface area contributed by atoms with Gasteiger partial charge < -0.3 is 10.5 Å². The fraction of sp³-hybridized carbons (Fsp3) is 0.600. The zero-order chi connectivity index (χ0) is 14.8. The van der Waals surface area contributed by atoms with Gasteiger partial charge in [0.05, 0.1) is 17.7 Å². The van der Waals surface area contributed by atoms with Gasteiger partial charge >= 0.3 is 0 Å². The van der Waals surface area contributed by atoms with Crippen LogP contribution in [0.5, 0.6) is 0 Å². The fourth-order valence-electron chi connectivity index (χ4n) is 2.57. The Morgan fingerprint density at radius 3 is 2.70 bits per heavy atom. The molecule has 0 aliphatic carbocycles. The minimum atomic E-state index is -0.237. The molecule has 1 fully saturated rings. The molecule has 3 nitrogen and oxygen atoms in total. The van der Waals surface area contributed by atoms with E-state index in [1.54, 1.807) is 6.07 Å². The Labute approximate surface area is 128 Å². The maximum Gasteiger partial charge on any atom is 0.137 e. The van der Waals surface area contributed by atoms with Gasteiger partial charge in [-0.15, -0.1) is 0 Å². The highest BCUT2D eigenvalue weighted by atomic mass is 79.9. The molecule has 1 aliphatic heterocycles. The van der Waals surface area contributed by atoms with Crippen molar-refractivity contribution in [2.75, 3.05) is 26.3 Å². The first kappa shape index (κ1) is 15.9. The summed E-state index contributed by atoms with van der Waals surface area (Å²) >= 11 is 3.31. The van der Waals surface area contributed by atoms with Gasteiger partial charge in [0.25, 0.3) is 0 Å². The van der Waals surface area contributed by atoms with Crippen molar-refractivity contribution in [1.29, 1.82) is 0 Å². The average molecular weight is 345 g/mol. The van der Waals surface area contributed by atoms with E-state index in [0.717, 1.165) is 31.9 Å². The first-order valence-corrected chi connectivity index (χ1v) is 7.73. The van der Waals surface area contributed by atoms with Crippen LogP contribution >= 0.6 is 15.9 Å². The molecular formula is C15H22BrFN2O. The Bertz CT molecular complexity index is 461. The van der Waals surface area contributed by atoms with Crippen LogP contribution in [0.25, 0.3) is 0 Å². The van der Waals surface area contributed by atoms with Gasteiger partial charge in [0.15, 0.2) is 0 Å². The summed E-state index contributed by atoms with van der Waals surface area (Å²) in [5.41, 5.74) is 7.18. The molecule has 1 aromatic rings. The van der Waals surface area contributed by atoms with Crippen molar-refractivity contribution >= 4 is 15.9 Å². The highest BCUT2D eigenvalue weighted by molar-refractivity contribution is 9.10. The van der Waals surface area contributed by atoms with Crippen molar-refractivity contribution in [3.63, 3.8) is 0 Å². The number of ether oxygens (including phenoxy) is 1. The van der Waals surface area contributed by atoms with Gasteiger partial charge in [-0.3, -0.25) is 4.90 Å². The summed E-state index contributed by atoms with van der Waals surface area (Å²) in [5, 5.41) is 0. The standard InChI is InChI=1S/C15H22BrFN2O/c1-15(2,19-6-8-20-9-7-19)13(18)10-11-4-3-5-12(17)14(11)16/h3-5,13H,6-10,18H2,1-2H3. The van der Waals surface area contributed by atoms with E-state index < -0.39 is 0 Å². The maximum atomic E-state index is 13.6. The molecule has 0 amide bonds. The van der Waals surface area contributed by atoms with E-state index >= 15 is 0 Å². The predicted octanol–water partition coefficient (Wildman–Crippen LogP) is 2.57. The monoisotopic (exact) mass is 344 g/mol. The van der Waals surface area contributed by atoms with Gasteiger partial charge in [-0.1, -0.05) is 12.1 Å². The van der Waals surface area contributed by atoms with Crippen molar-refractivity contribution < 1.29 is 9.13 Å². The quantitative estimate of drug-likeness (QED) is 0.912. The summed E-state index contributed by atoms with van der Waals surface area (Å²) in [7, 11) is 0. The molecule has 1 aromatic carbocycles. The van der Waals surface area contributed by atoms with Crippen molar-refractivity contribution in [3.8, 4) is 0 Å². The zero-order valence-corrected chi connectivity index (χ0v) is 13.6. The van der Waals surface area contributed by atoms with Gasteiger partial charge in [-0.05, 0) is 47.8 Å². The number of rotatable bonds is 4. The molecule has 0 aromatic heterocycles. The van der Waals surface area contributed by atoms with E-state index in [4.69, 9.17) is 10.5 Å². The molecule has 1 atom stereocenters.